The van der Waals surface area contributed by atoms with Crippen LogP contribution in [0.2, 0.25) is 0 Å². The molecular weight excluding hydrogens is 563 g/mol. The molecule has 8 heteroatoms. The van der Waals surface area contributed by atoms with Gasteiger partial charge in [-0.3, -0.25) is 9.10 Å². The average Bonchev–Trinajstić information content (AvgIpc) is 2.77. The van der Waals surface area contributed by atoms with Gasteiger partial charge in [-0.2, -0.15) is 0 Å². The quantitative estimate of drug-likeness (QED) is 0.281. The molecule has 0 atom stereocenters. The van der Waals surface area contributed by atoms with Gasteiger partial charge in [-0.05, 0) is 108 Å². The molecule has 3 aromatic rings. The van der Waals surface area contributed by atoms with Crippen LogP contribution in [0.5, 0.6) is 5.75 Å². The largest absolute Gasteiger partial charge is 0.492 e. The lowest BCUT2D eigenvalue weighted by Crippen LogP contribution is -2.30. The first-order valence-corrected chi connectivity index (χ1v) is 13.8. The fraction of sp³-hybridized carbons (Fsp3) is 0.269. The number of nitrogens with one attached hydrogen (secondary N) is 1. The maximum absolute atomic E-state index is 12.5. The summed E-state index contributed by atoms with van der Waals surface area (Å²) in [5.41, 5.74) is 5.19. The molecular formula is C26H29IN2O4S. The van der Waals surface area contributed by atoms with Crippen molar-refractivity contribution in [2.75, 3.05) is 23.7 Å². The monoisotopic (exact) mass is 592 g/mol. The Bertz CT molecular complexity index is 1270. The summed E-state index contributed by atoms with van der Waals surface area (Å²) in [4.78, 5) is 12.5. The molecule has 180 valence electrons. The predicted molar refractivity (Wildman–Crippen MR) is 145 cm³/mol. The molecule has 34 heavy (non-hydrogen) atoms. The lowest BCUT2D eigenvalue weighted by Gasteiger charge is -2.24. The summed E-state index contributed by atoms with van der Waals surface area (Å²) in [5, 5.41) is 2.85. The Morgan fingerprint density at radius 3 is 2.26 bits per heavy atom. The summed E-state index contributed by atoms with van der Waals surface area (Å²) in [7, 11) is -3.48. The minimum Gasteiger partial charge on any atom is -0.492 e. The highest BCUT2D eigenvalue weighted by molar-refractivity contribution is 14.1. The zero-order valence-corrected chi connectivity index (χ0v) is 22.7. The number of carbonyl (C=O) groups excluding carboxylic acids is 1. The predicted octanol–water partition coefficient (Wildman–Crippen LogP) is 4.99. The minimum absolute atomic E-state index is 0.186. The highest BCUT2D eigenvalue weighted by Gasteiger charge is 2.20. The van der Waals surface area contributed by atoms with Crippen molar-refractivity contribution in [1.29, 1.82) is 0 Å². The molecule has 1 N–H and O–H groups in total. The number of halogens is 1. The molecule has 0 unspecified atom stereocenters. The van der Waals surface area contributed by atoms with E-state index in [0.29, 0.717) is 24.4 Å². The Balaban J connectivity index is 1.59. The van der Waals surface area contributed by atoms with Gasteiger partial charge >= 0.3 is 0 Å². The summed E-state index contributed by atoms with van der Waals surface area (Å²) >= 11 is 2.20. The second-order valence-electron chi connectivity index (χ2n) is 8.25. The number of aryl methyl sites for hydroxylation is 3. The van der Waals surface area contributed by atoms with E-state index in [-0.39, 0.29) is 12.5 Å². The van der Waals surface area contributed by atoms with Crippen LogP contribution in [0.4, 0.5) is 5.69 Å². The average molecular weight is 592 g/mol. The molecule has 0 fully saturated rings. The standard InChI is InChI=1S/C26H29IN2O4S/c1-18-5-11-24(16-19(18)2)33-14-13-28-26(30)22-8-6-21(7-9-22)17-29(34(4,31)32)25-12-10-23(27)15-20(25)3/h5-12,15-16H,13-14,17H2,1-4H3,(H,28,30). The van der Waals surface area contributed by atoms with Crippen LogP contribution in [0.15, 0.2) is 60.7 Å². The SMILES string of the molecule is Cc1ccc(OCCNC(=O)c2ccc(CN(c3ccc(I)cc3C)S(C)(=O)=O)cc2)cc1C. The molecule has 0 aromatic heterocycles. The number of nitrogens with zero attached hydrogens (tertiary/aromatic N) is 1. The van der Waals surface area contributed by atoms with Crippen LogP contribution in [-0.2, 0) is 16.6 Å². The third-order valence-corrected chi connectivity index (χ3v) is 7.30. The molecule has 0 spiro atoms. The molecule has 0 heterocycles. The first-order valence-electron chi connectivity index (χ1n) is 10.9. The number of ether oxygens (including phenoxy) is 1. The summed E-state index contributed by atoms with van der Waals surface area (Å²) < 4.78 is 33.1. The molecule has 0 saturated heterocycles. The van der Waals surface area contributed by atoms with E-state index < -0.39 is 10.0 Å². The van der Waals surface area contributed by atoms with E-state index in [1.165, 1.54) is 16.1 Å². The Kier molecular flexibility index (Phi) is 8.59. The minimum atomic E-state index is -3.48. The number of hydrogen-bond donors (Lipinski definition) is 1. The van der Waals surface area contributed by atoms with E-state index in [2.05, 4.69) is 27.9 Å². The van der Waals surface area contributed by atoms with Gasteiger partial charge in [-0.15, -0.1) is 0 Å². The molecule has 3 aromatic carbocycles. The summed E-state index contributed by atoms with van der Waals surface area (Å²) in [6, 6.07) is 18.5. The maximum atomic E-state index is 12.5. The number of amides is 1. The summed E-state index contributed by atoms with van der Waals surface area (Å²) in [6.07, 6.45) is 1.20. The van der Waals surface area contributed by atoms with E-state index >= 15 is 0 Å². The van der Waals surface area contributed by atoms with Crippen LogP contribution in [-0.4, -0.2) is 33.7 Å². The van der Waals surface area contributed by atoms with Crippen molar-refractivity contribution in [3.05, 3.63) is 92.1 Å². The lowest BCUT2D eigenvalue weighted by molar-refractivity contribution is 0.0947. The topological polar surface area (TPSA) is 75.7 Å². The van der Waals surface area contributed by atoms with Crippen molar-refractivity contribution in [2.45, 2.75) is 27.3 Å². The van der Waals surface area contributed by atoms with E-state index in [9.17, 15) is 13.2 Å². The lowest BCUT2D eigenvalue weighted by atomic mass is 10.1. The molecule has 3 rings (SSSR count). The second-order valence-corrected chi connectivity index (χ2v) is 11.4. The van der Waals surface area contributed by atoms with Crippen LogP contribution in [0.25, 0.3) is 0 Å². The molecule has 0 radical (unpaired) electrons. The van der Waals surface area contributed by atoms with Gasteiger partial charge in [0, 0.05) is 9.13 Å². The van der Waals surface area contributed by atoms with Gasteiger partial charge in [0.25, 0.3) is 5.91 Å². The number of rotatable bonds is 9. The van der Waals surface area contributed by atoms with E-state index in [0.717, 1.165) is 26.0 Å². The molecule has 0 aliphatic rings. The molecule has 0 bridgehead atoms. The third-order valence-electron chi connectivity index (χ3n) is 5.50. The van der Waals surface area contributed by atoms with E-state index in [1.807, 2.05) is 57.2 Å². The number of carbonyl (C=O) groups is 1. The normalized spacial score (nSPS) is 11.2. The van der Waals surface area contributed by atoms with Crippen LogP contribution in [0.3, 0.4) is 0 Å². The van der Waals surface area contributed by atoms with Crippen molar-refractivity contribution in [1.82, 2.24) is 5.32 Å². The van der Waals surface area contributed by atoms with Crippen molar-refractivity contribution < 1.29 is 17.9 Å². The highest BCUT2D eigenvalue weighted by atomic mass is 127. The van der Waals surface area contributed by atoms with Crippen molar-refractivity contribution >= 4 is 44.2 Å². The Labute approximate surface area is 215 Å². The Morgan fingerprint density at radius 2 is 1.65 bits per heavy atom. The molecule has 0 aliphatic heterocycles. The second kappa shape index (κ2) is 11.2. The third kappa shape index (κ3) is 6.96. The van der Waals surface area contributed by atoms with Crippen molar-refractivity contribution in [2.24, 2.45) is 0 Å². The van der Waals surface area contributed by atoms with Crippen LogP contribution in [0.1, 0.15) is 32.6 Å². The fourth-order valence-corrected chi connectivity index (χ4v) is 5.04. The van der Waals surface area contributed by atoms with Gasteiger partial charge in [-0.25, -0.2) is 8.42 Å². The number of benzene rings is 3. The number of hydrogen-bond acceptors (Lipinski definition) is 4. The van der Waals surface area contributed by atoms with Crippen LogP contribution in [0, 0.1) is 24.3 Å². The van der Waals surface area contributed by atoms with Crippen LogP contribution < -0.4 is 14.4 Å². The van der Waals surface area contributed by atoms with Gasteiger partial charge in [0.15, 0.2) is 0 Å². The van der Waals surface area contributed by atoms with Gasteiger partial charge in [0.05, 0.1) is 25.0 Å². The molecule has 6 nitrogen and oxygen atoms in total. The first-order chi connectivity index (χ1) is 16.0. The van der Waals surface area contributed by atoms with Gasteiger partial charge in [0.2, 0.25) is 10.0 Å². The Hall–Kier alpha value is -2.59. The molecule has 0 saturated carbocycles. The maximum Gasteiger partial charge on any atom is 0.251 e. The smallest absolute Gasteiger partial charge is 0.251 e. The highest BCUT2D eigenvalue weighted by Crippen LogP contribution is 2.26. The van der Waals surface area contributed by atoms with Crippen LogP contribution >= 0.6 is 22.6 Å². The number of sulfonamides is 1. The fourth-order valence-electron chi connectivity index (χ4n) is 3.45. The zero-order valence-electron chi connectivity index (χ0n) is 19.8. The van der Waals surface area contributed by atoms with Gasteiger partial charge < -0.3 is 10.1 Å². The van der Waals surface area contributed by atoms with Crippen molar-refractivity contribution in [3.8, 4) is 5.75 Å². The summed E-state index contributed by atoms with van der Waals surface area (Å²) in [6.45, 7) is 6.91. The van der Waals surface area contributed by atoms with E-state index in [1.54, 1.807) is 24.3 Å². The summed E-state index contributed by atoms with van der Waals surface area (Å²) in [5.74, 6) is 0.573. The van der Waals surface area contributed by atoms with Gasteiger partial charge in [-0.1, -0.05) is 18.2 Å². The zero-order chi connectivity index (χ0) is 24.9. The molecule has 1 amide bonds. The van der Waals surface area contributed by atoms with Crippen molar-refractivity contribution in [3.63, 3.8) is 0 Å². The molecule has 0 aliphatic carbocycles. The van der Waals surface area contributed by atoms with Gasteiger partial charge in [0.1, 0.15) is 12.4 Å². The van der Waals surface area contributed by atoms with E-state index in [4.69, 9.17) is 4.74 Å². The first kappa shape index (κ1) is 26.0. The Morgan fingerprint density at radius 1 is 0.941 bits per heavy atom. The number of anilines is 1.